The molecule has 0 saturated carbocycles. The van der Waals surface area contributed by atoms with Gasteiger partial charge in [-0.3, -0.25) is 0 Å². The van der Waals surface area contributed by atoms with Crippen molar-refractivity contribution >= 4 is 11.4 Å². The predicted octanol–water partition coefficient (Wildman–Crippen LogP) is 11.2. The first kappa shape index (κ1) is 33.7. The first-order valence-corrected chi connectivity index (χ1v) is 16.6. The van der Waals surface area contributed by atoms with Crippen molar-refractivity contribution in [1.82, 2.24) is 0 Å². The quantitative estimate of drug-likeness (QED) is 0.197. The number of benzene rings is 3. The Labute approximate surface area is 263 Å². The number of rotatable bonds is 14. The molecule has 1 aliphatic heterocycles. The number of nitrogens with zero attached hydrogens (tertiary/aromatic N) is 1. The molecule has 2 nitrogen and oxygen atoms in total. The zero-order valence-electron chi connectivity index (χ0n) is 27.4. The van der Waals surface area contributed by atoms with Gasteiger partial charge in [0.25, 0.3) is 0 Å². The van der Waals surface area contributed by atoms with Crippen LogP contribution in [0.15, 0.2) is 66.9 Å². The van der Waals surface area contributed by atoms with Gasteiger partial charge in [-0.2, -0.15) is 0 Å². The van der Waals surface area contributed by atoms with E-state index < -0.39 is 17.8 Å². The van der Waals surface area contributed by atoms with Crippen molar-refractivity contribution in [2.75, 3.05) is 23.3 Å². The van der Waals surface area contributed by atoms with E-state index in [0.717, 1.165) is 54.6 Å². The Bertz CT molecular complexity index is 1350. The van der Waals surface area contributed by atoms with Crippen molar-refractivity contribution < 1.29 is 13.2 Å². The molecule has 1 unspecified atom stereocenters. The van der Waals surface area contributed by atoms with E-state index in [0.29, 0.717) is 43.8 Å². The summed E-state index contributed by atoms with van der Waals surface area (Å²) in [6.07, 6.45) is 5.56. The average molecular weight is 605 g/mol. The molecule has 0 aliphatic carbocycles. The van der Waals surface area contributed by atoms with Gasteiger partial charge in [0.1, 0.15) is 23.5 Å². The monoisotopic (exact) mass is 604 g/mol. The summed E-state index contributed by atoms with van der Waals surface area (Å²) in [6, 6.07) is 18.2. The van der Waals surface area contributed by atoms with Crippen molar-refractivity contribution in [2.24, 2.45) is 5.92 Å². The van der Waals surface area contributed by atoms with Crippen molar-refractivity contribution in [3.63, 3.8) is 0 Å². The summed E-state index contributed by atoms with van der Waals surface area (Å²) < 4.78 is 44.8. The van der Waals surface area contributed by atoms with E-state index in [4.69, 9.17) is 0 Å². The minimum atomic E-state index is -0.835. The molecule has 5 heteroatoms. The largest absolute Gasteiger partial charge is 0.367 e. The minimum Gasteiger partial charge on any atom is -0.367 e. The molecule has 238 valence electrons. The van der Waals surface area contributed by atoms with E-state index in [1.165, 1.54) is 11.1 Å². The molecule has 0 bridgehead atoms. The van der Waals surface area contributed by atoms with Crippen LogP contribution in [0.1, 0.15) is 105 Å². The van der Waals surface area contributed by atoms with Gasteiger partial charge in [-0.1, -0.05) is 69.3 Å². The Kier molecular flexibility index (Phi) is 12.0. The molecule has 4 atom stereocenters. The van der Waals surface area contributed by atoms with Crippen molar-refractivity contribution in [3.05, 3.63) is 106 Å². The van der Waals surface area contributed by atoms with E-state index in [1.807, 2.05) is 18.7 Å². The summed E-state index contributed by atoms with van der Waals surface area (Å²) in [5.41, 5.74) is 7.33. The van der Waals surface area contributed by atoms with E-state index in [9.17, 15) is 4.39 Å². The second kappa shape index (κ2) is 15.7. The molecule has 1 heterocycles. The second-order valence-electron chi connectivity index (χ2n) is 13.1. The van der Waals surface area contributed by atoms with Crippen LogP contribution >= 0.6 is 0 Å². The number of alkyl halides is 1. The van der Waals surface area contributed by atoms with Gasteiger partial charge in [-0.15, -0.1) is 0 Å². The second-order valence-corrected chi connectivity index (χ2v) is 13.1. The Hall–Kier alpha value is -3.21. The summed E-state index contributed by atoms with van der Waals surface area (Å²) in [7, 11) is 0. The van der Waals surface area contributed by atoms with Crippen LogP contribution in [-0.4, -0.2) is 19.3 Å². The summed E-state index contributed by atoms with van der Waals surface area (Å²) in [4.78, 5) is 1.86. The first-order chi connectivity index (χ1) is 21.0. The number of halogens is 3. The Morgan fingerprint density at radius 3 is 2.14 bits per heavy atom. The minimum absolute atomic E-state index is 0.0118. The molecule has 0 radical (unpaired) electrons. The molecule has 1 saturated heterocycles. The average Bonchev–Trinajstić information content (AvgIpc) is 3.00. The van der Waals surface area contributed by atoms with Crippen molar-refractivity contribution in [1.29, 1.82) is 0 Å². The zero-order valence-corrected chi connectivity index (χ0v) is 27.4. The lowest BCUT2D eigenvalue weighted by Crippen LogP contribution is -2.31. The Morgan fingerprint density at radius 2 is 1.52 bits per heavy atom. The summed E-state index contributed by atoms with van der Waals surface area (Å²) in [5.74, 6) is -0.458. The van der Waals surface area contributed by atoms with Crippen molar-refractivity contribution in [2.45, 2.75) is 104 Å². The number of hydrogen-bond donors (Lipinski definition) is 1. The maximum Gasteiger partial charge on any atom is 0.149 e. The molecule has 1 N–H and O–H groups in total. The van der Waals surface area contributed by atoms with Gasteiger partial charge >= 0.3 is 0 Å². The van der Waals surface area contributed by atoms with E-state index in [-0.39, 0.29) is 17.5 Å². The highest BCUT2D eigenvalue weighted by molar-refractivity contribution is 5.56. The van der Waals surface area contributed by atoms with Crippen LogP contribution in [0.2, 0.25) is 0 Å². The highest BCUT2D eigenvalue weighted by Gasteiger charge is 2.23. The third-order valence-corrected chi connectivity index (χ3v) is 9.49. The molecule has 4 rings (SSSR count). The third-order valence-electron chi connectivity index (χ3n) is 9.49. The van der Waals surface area contributed by atoms with Gasteiger partial charge in [0.05, 0.1) is 0 Å². The number of nitrogens with one attached hydrogen (secondary N) is 1. The molecule has 3 aromatic carbocycles. The predicted molar refractivity (Wildman–Crippen MR) is 181 cm³/mol. The molecular formula is C39H51F3N2. The highest BCUT2D eigenvalue weighted by atomic mass is 19.1. The fourth-order valence-corrected chi connectivity index (χ4v) is 6.41. The maximum absolute atomic E-state index is 15.4. The van der Waals surface area contributed by atoms with E-state index in [1.54, 1.807) is 12.1 Å². The number of anilines is 2. The molecule has 0 spiro atoms. The number of hydrogen-bond acceptors (Lipinski definition) is 2. The standard InChI is InChI=1S/C39H51F3N2/c1-7-35(40)22-28(4)30(6)43-38-18-17-33(21-29(38)5)34(16-13-27(3)32-14-11-26(2)12-15-32)23-31-24-36(41)39(37(42)25-31)44-19-9-8-10-20-44/h11-12,14-15,17-18,21,24-25,27-28,34-35,43H,6-10,13,16,19-20,22-23H2,1-5H3/t27-,28+,34?,35-/m1/s1. The topological polar surface area (TPSA) is 15.3 Å². The van der Waals surface area contributed by atoms with E-state index >= 15 is 8.78 Å². The Morgan fingerprint density at radius 1 is 0.886 bits per heavy atom. The van der Waals surface area contributed by atoms with Gasteiger partial charge in [0.2, 0.25) is 0 Å². The van der Waals surface area contributed by atoms with Gasteiger partial charge in [-0.05, 0) is 123 Å². The number of piperidine rings is 1. The maximum atomic E-state index is 15.4. The lowest BCUT2D eigenvalue weighted by Gasteiger charge is -2.29. The Balaban J connectivity index is 1.56. The lowest BCUT2D eigenvalue weighted by atomic mass is 9.83. The fraction of sp³-hybridized carbons (Fsp3) is 0.487. The summed E-state index contributed by atoms with van der Waals surface area (Å²) >= 11 is 0. The molecular weight excluding hydrogens is 553 g/mol. The fourth-order valence-electron chi connectivity index (χ4n) is 6.41. The normalized spacial score (nSPS) is 16.3. The molecule has 0 aromatic heterocycles. The molecule has 1 fully saturated rings. The molecule has 1 aliphatic rings. The SMILES string of the molecule is C=C(Nc1ccc(C(CC[C@@H](C)c2ccc(C)cc2)Cc2cc(F)c(N3CCCCC3)c(F)c2)cc1C)[C@@H](C)C[C@H](F)CC. The molecule has 3 aromatic rings. The highest BCUT2D eigenvalue weighted by Crippen LogP contribution is 2.35. The van der Waals surface area contributed by atoms with Crippen LogP contribution in [0, 0.1) is 31.4 Å². The van der Waals surface area contributed by atoms with Gasteiger partial charge < -0.3 is 10.2 Å². The zero-order chi connectivity index (χ0) is 31.8. The van der Waals surface area contributed by atoms with Crippen LogP contribution < -0.4 is 10.2 Å². The van der Waals surface area contributed by atoms with Gasteiger partial charge in [-0.25, -0.2) is 13.2 Å². The third kappa shape index (κ3) is 8.92. The van der Waals surface area contributed by atoms with Gasteiger partial charge in [0, 0.05) is 24.5 Å². The summed E-state index contributed by atoms with van der Waals surface area (Å²) in [6.45, 7) is 15.8. The van der Waals surface area contributed by atoms with Crippen LogP contribution in [-0.2, 0) is 6.42 Å². The smallest absolute Gasteiger partial charge is 0.149 e. The van der Waals surface area contributed by atoms with Crippen molar-refractivity contribution in [3.8, 4) is 0 Å². The van der Waals surface area contributed by atoms with Crippen LogP contribution in [0.5, 0.6) is 0 Å². The van der Waals surface area contributed by atoms with E-state index in [2.05, 4.69) is 75.1 Å². The molecule has 0 amide bonds. The first-order valence-electron chi connectivity index (χ1n) is 16.6. The number of aryl methyl sites for hydroxylation is 2. The number of allylic oxidation sites excluding steroid dienone is 1. The lowest BCUT2D eigenvalue weighted by molar-refractivity contribution is 0.281. The summed E-state index contributed by atoms with van der Waals surface area (Å²) in [5, 5.41) is 3.42. The van der Waals surface area contributed by atoms with Crippen LogP contribution in [0.4, 0.5) is 24.5 Å². The van der Waals surface area contributed by atoms with Crippen LogP contribution in [0.3, 0.4) is 0 Å². The molecule has 44 heavy (non-hydrogen) atoms. The van der Waals surface area contributed by atoms with Gasteiger partial charge in [0.15, 0.2) is 0 Å². The van der Waals surface area contributed by atoms with Crippen LogP contribution in [0.25, 0.3) is 0 Å².